The summed E-state index contributed by atoms with van der Waals surface area (Å²) in [4.78, 5) is 14.1. The van der Waals surface area contributed by atoms with Gasteiger partial charge in [-0.2, -0.15) is 0 Å². The monoisotopic (exact) mass is 237 g/mol. The van der Waals surface area contributed by atoms with Crippen LogP contribution in [-0.4, -0.2) is 48.7 Å². The average Bonchev–Trinajstić information content (AvgIpc) is 3.04. The van der Waals surface area contributed by atoms with Gasteiger partial charge in [0.1, 0.15) is 0 Å². The maximum Gasteiger partial charge on any atom is 0.292 e. The van der Waals surface area contributed by atoms with E-state index in [1.807, 2.05) is 4.90 Å². The second-order valence-corrected chi connectivity index (χ2v) is 4.51. The van der Waals surface area contributed by atoms with Crippen molar-refractivity contribution in [2.75, 3.05) is 26.7 Å². The van der Waals surface area contributed by atoms with Crippen molar-refractivity contribution in [3.63, 3.8) is 0 Å². The highest BCUT2D eigenvalue weighted by Crippen LogP contribution is 2.28. The number of nitrogens with one attached hydrogen (secondary N) is 1. The van der Waals surface area contributed by atoms with Gasteiger partial charge in [0.05, 0.1) is 13.2 Å². The lowest BCUT2D eigenvalue weighted by molar-refractivity contribution is 0.0694. The van der Waals surface area contributed by atoms with Gasteiger partial charge in [-0.1, -0.05) is 0 Å². The molecule has 6 heteroatoms. The smallest absolute Gasteiger partial charge is 0.292 e. The predicted molar refractivity (Wildman–Crippen MR) is 58.9 cm³/mol. The minimum absolute atomic E-state index is 0.0861. The van der Waals surface area contributed by atoms with Crippen molar-refractivity contribution in [3.8, 4) is 5.88 Å². The highest BCUT2D eigenvalue weighted by molar-refractivity contribution is 5.92. The van der Waals surface area contributed by atoms with E-state index < -0.39 is 0 Å². The first-order chi connectivity index (χ1) is 8.29. The minimum atomic E-state index is -0.0861. The fourth-order valence-electron chi connectivity index (χ4n) is 2.70. The molecule has 6 nitrogen and oxygen atoms in total. The number of methoxy groups -OCH3 is 1. The summed E-state index contributed by atoms with van der Waals surface area (Å²) in [6.45, 7) is 2.69. The predicted octanol–water partition coefficient (Wildman–Crippen LogP) is 0.117. The third-order valence-corrected chi connectivity index (χ3v) is 3.61. The number of hydrogen-bond donors (Lipinski definition) is 1. The Kier molecular flexibility index (Phi) is 2.51. The van der Waals surface area contributed by atoms with E-state index >= 15 is 0 Å². The topological polar surface area (TPSA) is 67.6 Å². The summed E-state index contributed by atoms with van der Waals surface area (Å²) in [7, 11) is 1.50. The van der Waals surface area contributed by atoms with Gasteiger partial charge in [-0.05, 0) is 17.5 Å². The summed E-state index contributed by atoms with van der Waals surface area (Å²) < 4.78 is 9.90. The summed E-state index contributed by atoms with van der Waals surface area (Å²) >= 11 is 0. The van der Waals surface area contributed by atoms with Crippen LogP contribution in [0, 0.1) is 5.92 Å². The highest BCUT2D eigenvalue weighted by atomic mass is 16.5. The quantitative estimate of drug-likeness (QED) is 0.791. The molecule has 0 bridgehead atoms. The Balaban J connectivity index is 1.77. The number of amides is 1. The number of carbonyl (C=O) groups is 1. The minimum Gasteiger partial charge on any atom is -0.479 e. The van der Waals surface area contributed by atoms with E-state index in [-0.39, 0.29) is 11.7 Å². The third-order valence-electron chi connectivity index (χ3n) is 3.61. The Morgan fingerprint density at radius 2 is 2.53 bits per heavy atom. The van der Waals surface area contributed by atoms with Gasteiger partial charge in [0.15, 0.2) is 0 Å². The Labute approximate surface area is 98.9 Å². The van der Waals surface area contributed by atoms with Crippen molar-refractivity contribution in [2.24, 2.45) is 5.92 Å². The molecule has 3 rings (SSSR count). The standard InChI is InChI=1S/C11H15N3O3/c1-16-10-4-9(17-13-10)11(15)14-3-2-7-5-12-6-8(7)14/h4,7-8,12H,2-3,5-6H2,1H3. The molecule has 17 heavy (non-hydrogen) atoms. The van der Waals surface area contributed by atoms with Gasteiger partial charge in [-0.25, -0.2) is 0 Å². The average molecular weight is 237 g/mol. The normalized spacial score (nSPS) is 27.2. The SMILES string of the molecule is COc1cc(C(=O)N2CCC3CNCC32)on1. The van der Waals surface area contributed by atoms with Crippen molar-refractivity contribution in [2.45, 2.75) is 12.5 Å². The zero-order chi connectivity index (χ0) is 11.8. The van der Waals surface area contributed by atoms with Gasteiger partial charge in [0.2, 0.25) is 5.76 Å². The van der Waals surface area contributed by atoms with Crippen molar-refractivity contribution >= 4 is 5.91 Å². The molecule has 0 saturated carbocycles. The van der Waals surface area contributed by atoms with Crippen LogP contribution in [0.25, 0.3) is 0 Å². The summed E-state index contributed by atoms with van der Waals surface area (Å²) in [6, 6.07) is 1.84. The van der Waals surface area contributed by atoms with Crippen LogP contribution >= 0.6 is 0 Å². The molecule has 92 valence electrons. The number of aromatic nitrogens is 1. The van der Waals surface area contributed by atoms with E-state index in [0.717, 1.165) is 26.1 Å². The molecule has 2 unspecified atom stereocenters. The van der Waals surface area contributed by atoms with Crippen LogP contribution in [0.2, 0.25) is 0 Å². The van der Waals surface area contributed by atoms with Gasteiger partial charge in [0.25, 0.3) is 11.8 Å². The first-order valence-electron chi connectivity index (χ1n) is 5.82. The van der Waals surface area contributed by atoms with Crippen molar-refractivity contribution in [1.82, 2.24) is 15.4 Å². The third kappa shape index (κ3) is 1.68. The van der Waals surface area contributed by atoms with E-state index in [1.54, 1.807) is 0 Å². The lowest BCUT2D eigenvalue weighted by Crippen LogP contribution is -2.38. The van der Waals surface area contributed by atoms with Gasteiger partial charge >= 0.3 is 0 Å². The number of fused-ring (bicyclic) bond motifs is 1. The number of carbonyl (C=O) groups excluding carboxylic acids is 1. The molecule has 2 fully saturated rings. The van der Waals surface area contributed by atoms with E-state index in [1.165, 1.54) is 13.2 Å². The molecule has 3 heterocycles. The fourth-order valence-corrected chi connectivity index (χ4v) is 2.70. The van der Waals surface area contributed by atoms with Crippen molar-refractivity contribution < 1.29 is 14.1 Å². The molecule has 0 aromatic carbocycles. The summed E-state index contributed by atoms with van der Waals surface area (Å²) in [5.74, 6) is 1.10. The largest absolute Gasteiger partial charge is 0.479 e. The summed E-state index contributed by atoms with van der Waals surface area (Å²) in [5.41, 5.74) is 0. The van der Waals surface area contributed by atoms with Crippen LogP contribution in [0.5, 0.6) is 5.88 Å². The molecule has 2 atom stereocenters. The number of rotatable bonds is 2. The zero-order valence-electron chi connectivity index (χ0n) is 9.68. The second-order valence-electron chi connectivity index (χ2n) is 4.51. The van der Waals surface area contributed by atoms with Crippen LogP contribution in [-0.2, 0) is 0 Å². The molecule has 0 aliphatic carbocycles. The number of likely N-dealkylation sites (tertiary alicyclic amines) is 1. The molecular formula is C11H15N3O3. The number of nitrogens with zero attached hydrogens (tertiary/aromatic N) is 2. The van der Waals surface area contributed by atoms with Crippen molar-refractivity contribution in [3.05, 3.63) is 11.8 Å². The lowest BCUT2D eigenvalue weighted by atomic mass is 10.1. The Morgan fingerprint density at radius 1 is 1.65 bits per heavy atom. The maximum absolute atomic E-state index is 12.2. The van der Waals surface area contributed by atoms with Crippen LogP contribution in [0.3, 0.4) is 0 Å². The first kappa shape index (κ1) is 10.6. The van der Waals surface area contributed by atoms with Crippen LogP contribution in [0.15, 0.2) is 10.6 Å². The van der Waals surface area contributed by atoms with E-state index in [9.17, 15) is 4.79 Å². The van der Waals surface area contributed by atoms with E-state index in [0.29, 0.717) is 17.8 Å². The van der Waals surface area contributed by atoms with Crippen LogP contribution < -0.4 is 10.1 Å². The summed E-state index contributed by atoms with van der Waals surface area (Å²) in [6.07, 6.45) is 1.06. The van der Waals surface area contributed by atoms with Gasteiger partial charge < -0.3 is 19.5 Å². The van der Waals surface area contributed by atoms with Gasteiger partial charge in [-0.15, -0.1) is 0 Å². The highest BCUT2D eigenvalue weighted by Gasteiger charge is 2.41. The summed E-state index contributed by atoms with van der Waals surface area (Å²) in [5, 5.41) is 6.96. The molecule has 1 aromatic heterocycles. The van der Waals surface area contributed by atoms with E-state index in [4.69, 9.17) is 9.26 Å². The van der Waals surface area contributed by atoms with Gasteiger partial charge in [0, 0.05) is 25.7 Å². The van der Waals surface area contributed by atoms with Crippen molar-refractivity contribution in [1.29, 1.82) is 0 Å². The number of hydrogen-bond acceptors (Lipinski definition) is 5. The Hall–Kier alpha value is -1.56. The van der Waals surface area contributed by atoms with Gasteiger partial charge in [-0.3, -0.25) is 4.79 Å². The molecule has 1 aromatic rings. The fraction of sp³-hybridized carbons (Fsp3) is 0.636. The molecule has 0 radical (unpaired) electrons. The molecule has 0 spiro atoms. The molecular weight excluding hydrogens is 222 g/mol. The van der Waals surface area contributed by atoms with Crippen LogP contribution in [0.1, 0.15) is 17.0 Å². The molecule has 2 aliphatic heterocycles. The Morgan fingerprint density at radius 3 is 3.29 bits per heavy atom. The lowest BCUT2D eigenvalue weighted by Gasteiger charge is -2.21. The molecule has 2 saturated heterocycles. The number of ether oxygens (including phenoxy) is 1. The Bertz CT molecular complexity index is 431. The maximum atomic E-state index is 12.2. The van der Waals surface area contributed by atoms with E-state index in [2.05, 4.69) is 10.5 Å². The molecule has 1 amide bonds. The van der Waals surface area contributed by atoms with Crippen LogP contribution in [0.4, 0.5) is 0 Å². The molecule has 1 N–H and O–H groups in total. The molecule has 2 aliphatic rings. The second kappa shape index (κ2) is 4.03. The zero-order valence-corrected chi connectivity index (χ0v) is 9.68. The first-order valence-corrected chi connectivity index (χ1v) is 5.82.